The molecule has 0 aliphatic rings. The lowest BCUT2D eigenvalue weighted by Crippen LogP contribution is -2.45. The topological polar surface area (TPSA) is 55.1 Å². The Hall–Kier alpha value is -0.220. The smallest absolute Gasteiger partial charge is 0.237 e. The number of thioether (sulfide) groups is 1. The van der Waals surface area contributed by atoms with E-state index in [1.165, 1.54) is 0 Å². The van der Waals surface area contributed by atoms with Crippen molar-refractivity contribution in [2.75, 3.05) is 18.6 Å². The number of amides is 1. The number of carbonyl (C=O) groups excluding carboxylic acids is 1. The zero-order valence-corrected chi connectivity index (χ0v) is 11.1. The fourth-order valence-electron chi connectivity index (χ4n) is 1.25. The van der Waals surface area contributed by atoms with Crippen LogP contribution in [0.2, 0.25) is 0 Å². The minimum Gasteiger partial charge on any atom is -0.354 e. The molecule has 1 amide bonds. The van der Waals surface area contributed by atoms with Gasteiger partial charge in [-0.3, -0.25) is 4.79 Å². The molecule has 0 aromatic heterocycles. The Morgan fingerprint density at radius 1 is 1.47 bits per heavy atom. The Labute approximate surface area is 97.6 Å². The van der Waals surface area contributed by atoms with Gasteiger partial charge in [-0.05, 0) is 23.8 Å². The molecule has 0 saturated heterocycles. The predicted molar refractivity (Wildman–Crippen MR) is 68.0 cm³/mol. The lowest BCUT2D eigenvalue weighted by molar-refractivity contribution is -0.123. The van der Waals surface area contributed by atoms with Crippen molar-refractivity contribution in [3.05, 3.63) is 0 Å². The van der Waals surface area contributed by atoms with Gasteiger partial charge in [0.25, 0.3) is 0 Å². The average Bonchev–Trinajstić information content (AvgIpc) is 2.24. The lowest BCUT2D eigenvalue weighted by atomic mass is 9.99. The molecular formula is C11H24N2OS. The van der Waals surface area contributed by atoms with E-state index < -0.39 is 0 Å². The zero-order valence-electron chi connectivity index (χ0n) is 10.2. The highest BCUT2D eigenvalue weighted by molar-refractivity contribution is 7.98. The maximum absolute atomic E-state index is 11.6. The summed E-state index contributed by atoms with van der Waals surface area (Å²) in [5.74, 6) is 1.81. The third kappa shape index (κ3) is 6.05. The van der Waals surface area contributed by atoms with E-state index in [1.807, 2.05) is 13.8 Å². The molecular weight excluding hydrogens is 208 g/mol. The molecule has 0 radical (unpaired) electrons. The van der Waals surface area contributed by atoms with Gasteiger partial charge in [-0.25, -0.2) is 0 Å². The van der Waals surface area contributed by atoms with E-state index >= 15 is 0 Å². The van der Waals surface area contributed by atoms with E-state index in [0.717, 1.165) is 18.7 Å². The van der Waals surface area contributed by atoms with Crippen molar-refractivity contribution in [3.8, 4) is 0 Å². The summed E-state index contributed by atoms with van der Waals surface area (Å²) in [6.45, 7) is 6.92. The van der Waals surface area contributed by atoms with Gasteiger partial charge >= 0.3 is 0 Å². The average molecular weight is 232 g/mol. The van der Waals surface area contributed by atoms with Crippen molar-refractivity contribution in [2.45, 2.75) is 33.2 Å². The highest BCUT2D eigenvalue weighted by atomic mass is 32.2. The molecule has 0 aliphatic carbocycles. The molecule has 4 heteroatoms. The van der Waals surface area contributed by atoms with E-state index in [1.54, 1.807) is 11.8 Å². The molecule has 2 unspecified atom stereocenters. The quantitative estimate of drug-likeness (QED) is 0.699. The number of nitrogens with two attached hydrogens (primary N) is 1. The van der Waals surface area contributed by atoms with Crippen molar-refractivity contribution >= 4 is 17.7 Å². The molecule has 0 aromatic carbocycles. The fourth-order valence-corrected chi connectivity index (χ4v) is 1.94. The summed E-state index contributed by atoms with van der Waals surface area (Å²) < 4.78 is 0. The summed E-state index contributed by atoms with van der Waals surface area (Å²) in [6.07, 6.45) is 3.01. The van der Waals surface area contributed by atoms with Gasteiger partial charge in [-0.2, -0.15) is 11.8 Å². The normalized spacial score (nSPS) is 16.9. The lowest BCUT2D eigenvalue weighted by Gasteiger charge is -2.19. The second-order valence-electron chi connectivity index (χ2n) is 4.22. The van der Waals surface area contributed by atoms with E-state index in [4.69, 9.17) is 5.73 Å². The van der Waals surface area contributed by atoms with E-state index in [-0.39, 0.29) is 17.9 Å². The second-order valence-corrected chi connectivity index (χ2v) is 5.13. The maximum atomic E-state index is 11.6. The van der Waals surface area contributed by atoms with E-state index in [9.17, 15) is 4.79 Å². The largest absolute Gasteiger partial charge is 0.354 e. The number of hydrogen-bond acceptors (Lipinski definition) is 3. The fraction of sp³-hybridized carbons (Fsp3) is 0.909. The summed E-state index contributed by atoms with van der Waals surface area (Å²) in [5, 5.41) is 2.90. The van der Waals surface area contributed by atoms with Crippen molar-refractivity contribution in [3.63, 3.8) is 0 Å². The van der Waals surface area contributed by atoms with Crippen LogP contribution in [0.1, 0.15) is 27.2 Å². The number of carbonyl (C=O) groups is 1. The standard InChI is InChI=1S/C11H24N2OS/c1-5-9(3)10(12)11(14)13-6-8(2)7-15-4/h8-10H,5-7,12H2,1-4H3,(H,13,14)/t8?,9?,10-/m0/s1. The third-order valence-electron chi connectivity index (χ3n) is 2.64. The first kappa shape index (κ1) is 14.8. The van der Waals surface area contributed by atoms with Crippen LogP contribution < -0.4 is 11.1 Å². The summed E-state index contributed by atoms with van der Waals surface area (Å²) in [5.41, 5.74) is 5.81. The van der Waals surface area contributed by atoms with Crippen molar-refractivity contribution < 1.29 is 4.79 Å². The molecule has 0 saturated carbocycles. The Morgan fingerprint density at radius 2 is 2.07 bits per heavy atom. The summed E-state index contributed by atoms with van der Waals surface area (Å²) in [4.78, 5) is 11.6. The minimum absolute atomic E-state index is 0.0164. The van der Waals surface area contributed by atoms with Gasteiger partial charge in [-0.15, -0.1) is 0 Å². The van der Waals surface area contributed by atoms with Crippen LogP contribution in [0.3, 0.4) is 0 Å². The zero-order chi connectivity index (χ0) is 11.8. The molecule has 0 rings (SSSR count). The molecule has 15 heavy (non-hydrogen) atoms. The molecule has 0 aliphatic heterocycles. The highest BCUT2D eigenvalue weighted by Crippen LogP contribution is 2.06. The Morgan fingerprint density at radius 3 is 2.53 bits per heavy atom. The Balaban J connectivity index is 3.82. The first-order valence-corrected chi connectivity index (χ1v) is 6.94. The van der Waals surface area contributed by atoms with Gasteiger partial charge in [-0.1, -0.05) is 27.2 Å². The second kappa shape index (κ2) is 7.99. The van der Waals surface area contributed by atoms with Crippen LogP contribution in [-0.2, 0) is 4.79 Å². The van der Waals surface area contributed by atoms with Crippen LogP contribution in [-0.4, -0.2) is 30.5 Å². The monoisotopic (exact) mass is 232 g/mol. The summed E-state index contributed by atoms with van der Waals surface area (Å²) in [7, 11) is 0. The van der Waals surface area contributed by atoms with Crippen LogP contribution in [0.5, 0.6) is 0 Å². The first-order chi connectivity index (χ1) is 7.02. The van der Waals surface area contributed by atoms with Gasteiger partial charge < -0.3 is 11.1 Å². The number of nitrogens with one attached hydrogen (secondary N) is 1. The molecule has 90 valence electrons. The van der Waals surface area contributed by atoms with Crippen molar-refractivity contribution in [2.24, 2.45) is 17.6 Å². The molecule has 0 bridgehead atoms. The Bertz CT molecular complexity index is 187. The van der Waals surface area contributed by atoms with Crippen LogP contribution in [0.25, 0.3) is 0 Å². The summed E-state index contributed by atoms with van der Waals surface area (Å²) in [6, 6.07) is -0.364. The number of hydrogen-bond donors (Lipinski definition) is 2. The molecule has 0 spiro atoms. The SMILES string of the molecule is CCC(C)[C@H](N)C(=O)NCC(C)CSC. The van der Waals surface area contributed by atoms with Crippen LogP contribution in [0, 0.1) is 11.8 Å². The Kier molecular flexibility index (Phi) is 7.88. The molecule has 0 fully saturated rings. The van der Waals surface area contributed by atoms with Crippen LogP contribution in [0.4, 0.5) is 0 Å². The van der Waals surface area contributed by atoms with Crippen LogP contribution in [0.15, 0.2) is 0 Å². The number of rotatable bonds is 7. The maximum Gasteiger partial charge on any atom is 0.237 e. The third-order valence-corrected chi connectivity index (χ3v) is 3.54. The van der Waals surface area contributed by atoms with Crippen molar-refractivity contribution in [1.29, 1.82) is 0 Å². The van der Waals surface area contributed by atoms with Gasteiger partial charge in [0.2, 0.25) is 5.91 Å². The van der Waals surface area contributed by atoms with Gasteiger partial charge in [0.15, 0.2) is 0 Å². The highest BCUT2D eigenvalue weighted by Gasteiger charge is 2.19. The van der Waals surface area contributed by atoms with Crippen molar-refractivity contribution in [1.82, 2.24) is 5.32 Å². The van der Waals surface area contributed by atoms with E-state index in [0.29, 0.717) is 5.92 Å². The predicted octanol–water partition coefficient (Wildman–Crippen LogP) is 1.48. The first-order valence-electron chi connectivity index (χ1n) is 5.55. The van der Waals surface area contributed by atoms with Gasteiger partial charge in [0, 0.05) is 6.54 Å². The molecule has 3 N–H and O–H groups in total. The van der Waals surface area contributed by atoms with E-state index in [2.05, 4.69) is 18.5 Å². The molecule has 3 atom stereocenters. The molecule has 0 aromatic rings. The molecule has 0 heterocycles. The molecule has 3 nitrogen and oxygen atoms in total. The summed E-state index contributed by atoms with van der Waals surface area (Å²) >= 11 is 1.80. The van der Waals surface area contributed by atoms with Gasteiger partial charge in [0.1, 0.15) is 0 Å². The minimum atomic E-state index is -0.364. The van der Waals surface area contributed by atoms with Crippen LogP contribution >= 0.6 is 11.8 Å². The van der Waals surface area contributed by atoms with Gasteiger partial charge in [0.05, 0.1) is 6.04 Å².